The zero-order valence-electron chi connectivity index (χ0n) is 20.4. The molecule has 0 saturated heterocycles. The molecule has 2 aromatic carbocycles. The molecule has 0 bridgehead atoms. The molecular weight excluding hydrogens is 458 g/mol. The van der Waals surface area contributed by atoms with E-state index in [4.69, 9.17) is 4.98 Å². The summed E-state index contributed by atoms with van der Waals surface area (Å²) in [4.78, 5) is 33.7. The minimum atomic E-state index is -0.155. The number of fused-ring (bicyclic) bond motifs is 1. The normalized spacial score (nSPS) is 11.3. The number of H-pyrrole nitrogens is 2. The first kappa shape index (κ1) is 24.8. The number of nitrogens with zero attached hydrogens (tertiary/aromatic N) is 2. The maximum absolute atomic E-state index is 12.6. The maximum Gasteiger partial charge on any atom is 0.273 e. The molecule has 0 radical (unpaired) electrons. The smallest absolute Gasteiger partial charge is 0.273 e. The molecule has 2 aromatic heterocycles. The first-order valence-electron chi connectivity index (χ1n) is 11.9. The lowest BCUT2D eigenvalue weighted by Gasteiger charge is -2.11. The van der Waals surface area contributed by atoms with Crippen LogP contribution in [0, 0.1) is 0 Å². The lowest BCUT2D eigenvalue weighted by atomic mass is 10.1. The van der Waals surface area contributed by atoms with Gasteiger partial charge in [-0.05, 0) is 69.9 Å². The van der Waals surface area contributed by atoms with E-state index in [-0.39, 0.29) is 11.5 Å². The molecule has 0 aliphatic heterocycles. The van der Waals surface area contributed by atoms with Crippen LogP contribution in [-0.2, 0) is 11.2 Å². The van der Waals surface area contributed by atoms with Crippen molar-refractivity contribution in [2.24, 2.45) is 0 Å². The van der Waals surface area contributed by atoms with E-state index >= 15 is 0 Å². The molecule has 35 heavy (non-hydrogen) atoms. The number of hydrogen-bond donors (Lipinski definition) is 3. The zero-order valence-corrected chi connectivity index (χ0v) is 21.2. The predicted octanol–water partition coefficient (Wildman–Crippen LogP) is 5.30. The monoisotopic (exact) mass is 489 g/mol. The van der Waals surface area contributed by atoms with E-state index in [9.17, 15) is 9.59 Å². The number of pyridine rings is 1. The lowest BCUT2D eigenvalue weighted by molar-refractivity contribution is -0.116. The number of amides is 1. The molecule has 1 amide bonds. The van der Waals surface area contributed by atoms with Crippen molar-refractivity contribution in [3.63, 3.8) is 0 Å². The molecule has 0 spiro atoms. The molecule has 0 fully saturated rings. The highest BCUT2D eigenvalue weighted by Crippen LogP contribution is 2.36. The van der Waals surface area contributed by atoms with Gasteiger partial charge in [0.15, 0.2) is 0 Å². The Morgan fingerprint density at radius 2 is 1.86 bits per heavy atom. The van der Waals surface area contributed by atoms with Crippen molar-refractivity contribution in [2.45, 2.75) is 42.4 Å². The summed E-state index contributed by atoms with van der Waals surface area (Å²) in [5.74, 6) is 0.0247. The molecule has 0 aliphatic rings. The summed E-state index contributed by atoms with van der Waals surface area (Å²) in [5.41, 5.74) is 3.62. The molecule has 0 aliphatic carbocycles. The van der Waals surface area contributed by atoms with Gasteiger partial charge in [0.25, 0.3) is 5.56 Å². The van der Waals surface area contributed by atoms with Gasteiger partial charge >= 0.3 is 0 Å². The van der Waals surface area contributed by atoms with Gasteiger partial charge in [-0.3, -0.25) is 14.7 Å². The third-order valence-corrected chi connectivity index (χ3v) is 6.73. The van der Waals surface area contributed by atoms with Crippen LogP contribution in [0.5, 0.6) is 0 Å². The molecule has 8 heteroatoms. The fraction of sp³-hybridized carbons (Fsp3) is 0.296. The first-order valence-corrected chi connectivity index (χ1v) is 12.7. The van der Waals surface area contributed by atoms with Crippen molar-refractivity contribution >= 4 is 34.3 Å². The second-order valence-corrected chi connectivity index (χ2v) is 9.90. The molecule has 4 aromatic rings. The predicted molar refractivity (Wildman–Crippen MR) is 143 cm³/mol. The average molecular weight is 490 g/mol. The molecule has 2 heterocycles. The first-order chi connectivity index (χ1) is 16.9. The van der Waals surface area contributed by atoms with Gasteiger partial charge in [-0.2, -0.15) is 0 Å². The summed E-state index contributed by atoms with van der Waals surface area (Å²) in [6, 6.07) is 17.8. The number of nitrogens with one attached hydrogen (secondary N) is 3. The second kappa shape index (κ2) is 11.4. The van der Waals surface area contributed by atoms with Gasteiger partial charge in [-0.25, -0.2) is 4.98 Å². The van der Waals surface area contributed by atoms with Crippen LogP contribution in [-0.4, -0.2) is 46.6 Å². The van der Waals surface area contributed by atoms with Crippen LogP contribution in [0.15, 0.2) is 69.2 Å². The van der Waals surface area contributed by atoms with Crippen LogP contribution in [0.2, 0.25) is 0 Å². The SMILES string of the molecule is CCCc1[nH][nH]c(=O)c1-c1cc(Sc2ccc(NC(=O)CCCN(C)C)cc2)c2ccccc2n1. The highest BCUT2D eigenvalue weighted by Gasteiger charge is 2.16. The molecule has 182 valence electrons. The van der Waals surface area contributed by atoms with Crippen LogP contribution in [0.3, 0.4) is 0 Å². The molecule has 0 unspecified atom stereocenters. The van der Waals surface area contributed by atoms with Crippen LogP contribution in [0.4, 0.5) is 5.69 Å². The quantitative estimate of drug-likeness (QED) is 0.281. The van der Waals surface area contributed by atoms with E-state index in [0.29, 0.717) is 17.7 Å². The topological polar surface area (TPSA) is 93.9 Å². The van der Waals surface area contributed by atoms with Crippen molar-refractivity contribution in [3.05, 3.63) is 70.6 Å². The summed E-state index contributed by atoms with van der Waals surface area (Å²) < 4.78 is 0. The minimum Gasteiger partial charge on any atom is -0.326 e. The summed E-state index contributed by atoms with van der Waals surface area (Å²) in [7, 11) is 4.01. The Kier molecular flexibility index (Phi) is 8.05. The number of aromatic amines is 2. The lowest BCUT2D eigenvalue weighted by Crippen LogP contribution is -2.17. The number of carbonyl (C=O) groups is 1. The Morgan fingerprint density at radius 3 is 2.60 bits per heavy atom. The fourth-order valence-electron chi connectivity index (χ4n) is 3.97. The van der Waals surface area contributed by atoms with Gasteiger partial charge < -0.3 is 15.3 Å². The van der Waals surface area contributed by atoms with Crippen molar-refractivity contribution in [1.29, 1.82) is 0 Å². The Bertz CT molecular complexity index is 1360. The fourth-order valence-corrected chi connectivity index (χ4v) is 4.95. The van der Waals surface area contributed by atoms with E-state index in [1.54, 1.807) is 11.8 Å². The summed E-state index contributed by atoms with van der Waals surface area (Å²) in [6.45, 7) is 2.97. The molecule has 4 rings (SSSR count). The standard InChI is InChI=1S/C27H31N5O2S/c1-4-8-22-26(27(34)31-30-22)23-17-24(20-9-5-6-10-21(20)29-23)35-19-14-12-18(13-15-19)28-25(33)11-7-16-32(2)3/h5-6,9-10,12-15,17H,4,7-8,11,16H2,1-3H3,(H,28,33)(H2,30,31,34). The van der Waals surface area contributed by atoms with Crippen molar-refractivity contribution in [2.75, 3.05) is 26.0 Å². The Morgan fingerprint density at radius 1 is 1.09 bits per heavy atom. The van der Waals surface area contributed by atoms with E-state index in [1.165, 1.54) is 0 Å². The van der Waals surface area contributed by atoms with Gasteiger partial charge in [-0.1, -0.05) is 43.3 Å². The number of benzene rings is 2. The molecule has 0 saturated carbocycles. The Labute approximate surface area is 209 Å². The number of anilines is 1. The van der Waals surface area contributed by atoms with Crippen molar-refractivity contribution in [3.8, 4) is 11.3 Å². The van der Waals surface area contributed by atoms with Crippen LogP contribution >= 0.6 is 11.8 Å². The van der Waals surface area contributed by atoms with E-state index in [1.807, 2.05) is 68.7 Å². The zero-order chi connectivity index (χ0) is 24.8. The van der Waals surface area contributed by atoms with E-state index in [2.05, 4.69) is 27.3 Å². The number of aryl methyl sites for hydroxylation is 1. The number of aromatic nitrogens is 3. The molecule has 0 atom stereocenters. The van der Waals surface area contributed by atoms with E-state index < -0.39 is 0 Å². The van der Waals surface area contributed by atoms with Gasteiger partial charge in [0, 0.05) is 33.0 Å². The van der Waals surface area contributed by atoms with Crippen molar-refractivity contribution < 1.29 is 4.79 Å². The summed E-state index contributed by atoms with van der Waals surface area (Å²) in [5, 5.41) is 9.72. The van der Waals surface area contributed by atoms with Crippen LogP contribution in [0.25, 0.3) is 22.2 Å². The number of para-hydroxylation sites is 1. The third-order valence-electron chi connectivity index (χ3n) is 5.67. The minimum absolute atomic E-state index is 0.0247. The van der Waals surface area contributed by atoms with Crippen molar-refractivity contribution in [1.82, 2.24) is 20.1 Å². The van der Waals surface area contributed by atoms with Crippen LogP contribution in [0.1, 0.15) is 31.9 Å². The Hall–Kier alpha value is -3.36. The number of rotatable bonds is 10. The third kappa shape index (κ3) is 6.21. The second-order valence-electron chi connectivity index (χ2n) is 8.79. The maximum atomic E-state index is 12.6. The number of carbonyl (C=O) groups excluding carboxylic acids is 1. The van der Waals surface area contributed by atoms with Gasteiger partial charge in [0.2, 0.25) is 5.91 Å². The highest BCUT2D eigenvalue weighted by molar-refractivity contribution is 7.99. The summed E-state index contributed by atoms with van der Waals surface area (Å²) in [6.07, 6.45) is 3.02. The summed E-state index contributed by atoms with van der Waals surface area (Å²) >= 11 is 1.62. The molecule has 3 N–H and O–H groups in total. The van der Waals surface area contributed by atoms with Gasteiger partial charge in [-0.15, -0.1) is 0 Å². The van der Waals surface area contributed by atoms with Crippen LogP contribution < -0.4 is 10.9 Å². The Balaban J connectivity index is 1.57. The largest absolute Gasteiger partial charge is 0.326 e. The van der Waals surface area contributed by atoms with E-state index in [0.717, 1.165) is 57.9 Å². The molecular formula is C27H31N5O2S. The number of hydrogen-bond acceptors (Lipinski definition) is 5. The highest BCUT2D eigenvalue weighted by atomic mass is 32.2. The average Bonchev–Trinajstić information content (AvgIpc) is 3.20. The molecule has 7 nitrogen and oxygen atoms in total. The van der Waals surface area contributed by atoms with Gasteiger partial charge in [0.05, 0.1) is 16.8 Å². The van der Waals surface area contributed by atoms with Gasteiger partial charge in [0.1, 0.15) is 0 Å².